The quantitative estimate of drug-likeness (QED) is 0.925. The van der Waals surface area contributed by atoms with E-state index >= 15 is 0 Å². The predicted octanol–water partition coefficient (Wildman–Crippen LogP) is 2.94. The maximum atomic E-state index is 12.7. The molecular formula is C16H21ClN2O. The van der Waals surface area contributed by atoms with Crippen LogP contribution in [0.1, 0.15) is 36.0 Å². The summed E-state index contributed by atoms with van der Waals surface area (Å²) in [7, 11) is 0. The number of amides is 1. The fourth-order valence-corrected chi connectivity index (χ4v) is 3.01. The molecule has 3 rings (SSSR count). The Bertz CT molecular complexity index is 464. The van der Waals surface area contributed by atoms with Gasteiger partial charge in [0.1, 0.15) is 0 Å². The Hall–Kier alpha value is -1.06. The maximum Gasteiger partial charge on any atom is 0.254 e. The summed E-state index contributed by atoms with van der Waals surface area (Å²) < 4.78 is 0. The third-order valence-corrected chi connectivity index (χ3v) is 4.51. The average Bonchev–Trinajstić information content (AvgIpc) is 3.30. The van der Waals surface area contributed by atoms with Gasteiger partial charge in [0.15, 0.2) is 0 Å². The van der Waals surface area contributed by atoms with Gasteiger partial charge in [0.2, 0.25) is 0 Å². The zero-order chi connectivity index (χ0) is 13.9. The summed E-state index contributed by atoms with van der Waals surface area (Å²) in [6.07, 6.45) is 4.67. The minimum absolute atomic E-state index is 0.169. The van der Waals surface area contributed by atoms with Gasteiger partial charge in [-0.2, -0.15) is 0 Å². The summed E-state index contributed by atoms with van der Waals surface area (Å²) in [4.78, 5) is 14.8. The Morgan fingerprint density at radius 1 is 1.15 bits per heavy atom. The Labute approximate surface area is 125 Å². The van der Waals surface area contributed by atoms with Crippen molar-refractivity contribution in [2.24, 2.45) is 5.92 Å². The Kier molecular flexibility index (Phi) is 4.27. The zero-order valence-corrected chi connectivity index (χ0v) is 12.4. The highest BCUT2D eigenvalue weighted by Gasteiger charge is 2.34. The van der Waals surface area contributed by atoms with Gasteiger partial charge in [-0.15, -0.1) is 0 Å². The molecule has 4 heteroatoms. The SMILES string of the molecule is O=C(c1ccc(Cl)cc1)N(CC1CCNCC1)C1CC1. The Morgan fingerprint density at radius 2 is 1.80 bits per heavy atom. The summed E-state index contributed by atoms with van der Waals surface area (Å²) in [5.41, 5.74) is 0.759. The Morgan fingerprint density at radius 3 is 2.40 bits per heavy atom. The van der Waals surface area contributed by atoms with Crippen LogP contribution in [0.3, 0.4) is 0 Å². The molecule has 20 heavy (non-hydrogen) atoms. The fraction of sp³-hybridized carbons (Fsp3) is 0.562. The third-order valence-electron chi connectivity index (χ3n) is 4.25. The second-order valence-corrected chi connectivity index (χ2v) is 6.33. The van der Waals surface area contributed by atoms with Gasteiger partial charge in [-0.05, 0) is 69.0 Å². The van der Waals surface area contributed by atoms with Crippen LogP contribution in [0.25, 0.3) is 0 Å². The van der Waals surface area contributed by atoms with Gasteiger partial charge >= 0.3 is 0 Å². The summed E-state index contributed by atoms with van der Waals surface area (Å²) >= 11 is 5.89. The molecule has 1 aliphatic carbocycles. The van der Waals surface area contributed by atoms with Gasteiger partial charge in [-0.3, -0.25) is 4.79 Å². The Balaban J connectivity index is 1.69. The van der Waals surface area contributed by atoms with Crippen molar-refractivity contribution >= 4 is 17.5 Å². The molecule has 0 bridgehead atoms. The highest BCUT2D eigenvalue weighted by molar-refractivity contribution is 6.30. The van der Waals surface area contributed by atoms with Crippen LogP contribution in [0.4, 0.5) is 0 Å². The van der Waals surface area contributed by atoms with Crippen molar-refractivity contribution in [2.45, 2.75) is 31.7 Å². The summed E-state index contributed by atoms with van der Waals surface area (Å²) in [5.74, 6) is 0.816. The molecule has 2 aliphatic rings. The van der Waals surface area contributed by atoms with E-state index in [-0.39, 0.29) is 5.91 Å². The average molecular weight is 293 g/mol. The number of nitrogens with one attached hydrogen (secondary N) is 1. The molecule has 1 amide bonds. The molecular weight excluding hydrogens is 272 g/mol. The summed E-state index contributed by atoms with van der Waals surface area (Å²) in [5, 5.41) is 4.06. The number of hydrogen-bond donors (Lipinski definition) is 1. The van der Waals surface area contributed by atoms with E-state index in [4.69, 9.17) is 11.6 Å². The zero-order valence-electron chi connectivity index (χ0n) is 11.6. The summed E-state index contributed by atoms with van der Waals surface area (Å²) in [6, 6.07) is 7.73. The molecule has 1 aromatic rings. The largest absolute Gasteiger partial charge is 0.335 e. The van der Waals surface area contributed by atoms with Crippen molar-refractivity contribution in [3.05, 3.63) is 34.9 Å². The smallest absolute Gasteiger partial charge is 0.254 e. The van der Waals surface area contributed by atoms with Crippen LogP contribution in [-0.2, 0) is 0 Å². The van der Waals surface area contributed by atoms with Gasteiger partial charge in [0.25, 0.3) is 5.91 Å². The second kappa shape index (κ2) is 6.15. The highest BCUT2D eigenvalue weighted by atomic mass is 35.5. The van der Waals surface area contributed by atoms with E-state index in [1.807, 2.05) is 12.1 Å². The molecule has 1 heterocycles. The van der Waals surface area contributed by atoms with Gasteiger partial charge in [-0.1, -0.05) is 11.6 Å². The molecule has 0 atom stereocenters. The van der Waals surface area contributed by atoms with Gasteiger partial charge in [0, 0.05) is 23.2 Å². The van der Waals surface area contributed by atoms with E-state index in [1.54, 1.807) is 12.1 Å². The molecule has 1 aromatic carbocycles. The lowest BCUT2D eigenvalue weighted by atomic mass is 9.97. The molecule has 1 N–H and O–H groups in total. The number of halogens is 1. The van der Waals surface area contributed by atoms with Crippen molar-refractivity contribution in [2.75, 3.05) is 19.6 Å². The standard InChI is InChI=1S/C16H21ClN2O/c17-14-3-1-13(2-4-14)16(20)19(15-5-6-15)11-12-7-9-18-10-8-12/h1-4,12,15,18H,5-11H2. The highest BCUT2D eigenvalue weighted by Crippen LogP contribution is 2.30. The first-order valence-corrected chi connectivity index (χ1v) is 7.89. The molecule has 0 unspecified atom stereocenters. The molecule has 1 aliphatic heterocycles. The van der Waals surface area contributed by atoms with Crippen molar-refractivity contribution < 1.29 is 4.79 Å². The summed E-state index contributed by atoms with van der Waals surface area (Å²) in [6.45, 7) is 3.07. The first-order chi connectivity index (χ1) is 9.74. The van der Waals surface area contributed by atoms with Crippen LogP contribution in [0.2, 0.25) is 5.02 Å². The lowest BCUT2D eigenvalue weighted by molar-refractivity contribution is 0.0701. The van der Waals surface area contributed by atoms with Crippen LogP contribution in [-0.4, -0.2) is 36.5 Å². The fourth-order valence-electron chi connectivity index (χ4n) is 2.88. The van der Waals surface area contributed by atoms with Crippen LogP contribution < -0.4 is 5.32 Å². The molecule has 108 valence electrons. The molecule has 0 radical (unpaired) electrons. The molecule has 0 aromatic heterocycles. The lowest BCUT2D eigenvalue weighted by Crippen LogP contribution is -2.40. The topological polar surface area (TPSA) is 32.3 Å². The number of nitrogens with zero attached hydrogens (tertiary/aromatic N) is 1. The van der Waals surface area contributed by atoms with Crippen LogP contribution in [0, 0.1) is 5.92 Å². The first-order valence-electron chi connectivity index (χ1n) is 7.51. The van der Waals surface area contributed by atoms with Crippen molar-refractivity contribution in [1.29, 1.82) is 0 Å². The number of rotatable bonds is 4. The van der Waals surface area contributed by atoms with E-state index < -0.39 is 0 Å². The minimum atomic E-state index is 0.169. The predicted molar refractivity (Wildman–Crippen MR) is 81.1 cm³/mol. The monoisotopic (exact) mass is 292 g/mol. The van der Waals surface area contributed by atoms with Gasteiger partial charge < -0.3 is 10.2 Å². The van der Waals surface area contributed by atoms with E-state index in [0.29, 0.717) is 17.0 Å². The van der Waals surface area contributed by atoms with Crippen LogP contribution in [0.5, 0.6) is 0 Å². The van der Waals surface area contributed by atoms with E-state index in [1.165, 1.54) is 12.8 Å². The maximum absolute atomic E-state index is 12.7. The van der Waals surface area contributed by atoms with Crippen molar-refractivity contribution in [3.8, 4) is 0 Å². The van der Waals surface area contributed by atoms with Crippen molar-refractivity contribution in [1.82, 2.24) is 10.2 Å². The van der Waals surface area contributed by atoms with Crippen LogP contribution >= 0.6 is 11.6 Å². The van der Waals surface area contributed by atoms with E-state index in [2.05, 4.69) is 10.2 Å². The number of piperidine rings is 1. The van der Waals surface area contributed by atoms with E-state index in [9.17, 15) is 4.79 Å². The molecule has 1 saturated heterocycles. The normalized spacial score (nSPS) is 19.9. The first kappa shape index (κ1) is 13.9. The molecule has 3 nitrogen and oxygen atoms in total. The van der Waals surface area contributed by atoms with Gasteiger partial charge in [-0.25, -0.2) is 0 Å². The molecule has 0 spiro atoms. The number of carbonyl (C=O) groups is 1. The third kappa shape index (κ3) is 3.33. The molecule has 2 fully saturated rings. The van der Waals surface area contributed by atoms with Crippen molar-refractivity contribution in [3.63, 3.8) is 0 Å². The lowest BCUT2D eigenvalue weighted by Gasteiger charge is -2.30. The minimum Gasteiger partial charge on any atom is -0.335 e. The second-order valence-electron chi connectivity index (χ2n) is 5.89. The van der Waals surface area contributed by atoms with Crippen LogP contribution in [0.15, 0.2) is 24.3 Å². The molecule has 1 saturated carbocycles. The number of carbonyl (C=O) groups excluding carboxylic acids is 1. The number of benzene rings is 1. The van der Waals surface area contributed by atoms with Gasteiger partial charge in [0.05, 0.1) is 0 Å². The van der Waals surface area contributed by atoms with E-state index in [0.717, 1.165) is 38.0 Å². The number of hydrogen-bond acceptors (Lipinski definition) is 2.